The number of rotatable bonds is 2. The van der Waals surface area contributed by atoms with Crippen molar-refractivity contribution < 1.29 is 0 Å². The van der Waals surface area contributed by atoms with Gasteiger partial charge < -0.3 is 5.32 Å². The van der Waals surface area contributed by atoms with E-state index in [1.807, 2.05) is 0 Å². The molecule has 94 valence electrons. The highest BCUT2D eigenvalue weighted by Crippen LogP contribution is 2.37. The van der Waals surface area contributed by atoms with Crippen LogP contribution in [0.15, 0.2) is 0 Å². The Kier molecular flexibility index (Phi) is 2.95. The molecule has 1 saturated heterocycles. The lowest BCUT2D eigenvalue weighted by Crippen LogP contribution is -2.17. The van der Waals surface area contributed by atoms with Crippen molar-refractivity contribution >= 4 is 0 Å². The average Bonchev–Trinajstić information content (AvgIpc) is 2.99. The van der Waals surface area contributed by atoms with Gasteiger partial charge in [0.2, 0.25) is 0 Å². The summed E-state index contributed by atoms with van der Waals surface area (Å²) >= 11 is 0. The highest BCUT2D eigenvalue weighted by atomic mass is 15.3. The average molecular weight is 233 g/mol. The zero-order chi connectivity index (χ0) is 11.8. The largest absolute Gasteiger partial charge is 0.309 e. The molecule has 2 fully saturated rings. The molecule has 0 spiro atoms. The van der Waals surface area contributed by atoms with Gasteiger partial charge >= 0.3 is 0 Å². The smallest absolute Gasteiger partial charge is 0.0688 e. The molecule has 0 bridgehead atoms. The predicted molar refractivity (Wildman–Crippen MR) is 69.1 cm³/mol. The molecule has 0 amide bonds. The van der Waals surface area contributed by atoms with Gasteiger partial charge in [-0.05, 0) is 44.7 Å². The molecule has 3 rings (SSSR count). The number of nitrogens with zero attached hydrogens (tertiary/aromatic N) is 2. The lowest BCUT2D eigenvalue weighted by Gasteiger charge is -2.12. The van der Waals surface area contributed by atoms with E-state index < -0.39 is 0 Å². The van der Waals surface area contributed by atoms with E-state index in [0.29, 0.717) is 6.04 Å². The normalized spacial score (nSPS) is 25.9. The minimum absolute atomic E-state index is 0.544. The SMILES string of the molecule is Cc1c(C2CCCC2)nn(C)c1C1CCCN1. The molecule has 2 aliphatic rings. The standard InChI is InChI=1S/C14H23N3/c1-10-13(11-6-3-4-7-11)16-17(2)14(10)12-8-5-9-15-12/h11-12,15H,3-9H2,1-2H3. The van der Waals surface area contributed by atoms with Crippen molar-refractivity contribution in [3.63, 3.8) is 0 Å². The van der Waals surface area contributed by atoms with Crippen molar-refractivity contribution in [3.8, 4) is 0 Å². The second-order valence-corrected chi connectivity index (χ2v) is 5.65. The second kappa shape index (κ2) is 4.45. The maximum absolute atomic E-state index is 4.81. The van der Waals surface area contributed by atoms with Gasteiger partial charge in [-0.1, -0.05) is 12.8 Å². The number of aryl methyl sites for hydroxylation is 1. The first kappa shape index (κ1) is 11.3. The number of aromatic nitrogens is 2. The topological polar surface area (TPSA) is 29.9 Å². The summed E-state index contributed by atoms with van der Waals surface area (Å²) in [7, 11) is 2.11. The molecule has 1 saturated carbocycles. The van der Waals surface area contributed by atoms with E-state index >= 15 is 0 Å². The zero-order valence-electron chi connectivity index (χ0n) is 11.0. The summed E-state index contributed by atoms with van der Waals surface area (Å²) in [5.74, 6) is 0.733. The monoisotopic (exact) mass is 233 g/mol. The van der Waals surface area contributed by atoms with Gasteiger partial charge in [-0.25, -0.2) is 0 Å². The molecule has 1 aliphatic carbocycles. The fourth-order valence-electron chi connectivity index (χ4n) is 3.66. The summed E-state index contributed by atoms with van der Waals surface area (Å²) in [6.45, 7) is 3.43. The molecule has 0 radical (unpaired) electrons. The summed E-state index contributed by atoms with van der Waals surface area (Å²) in [6, 6.07) is 0.544. The molecule has 1 atom stereocenters. The highest BCUT2D eigenvalue weighted by Gasteiger charge is 2.28. The Morgan fingerprint density at radius 1 is 1.18 bits per heavy atom. The Bertz CT molecular complexity index is 396. The molecule has 2 heterocycles. The summed E-state index contributed by atoms with van der Waals surface area (Å²) in [5.41, 5.74) is 4.27. The van der Waals surface area contributed by atoms with Gasteiger partial charge in [0.1, 0.15) is 0 Å². The van der Waals surface area contributed by atoms with E-state index in [9.17, 15) is 0 Å². The van der Waals surface area contributed by atoms with Crippen molar-refractivity contribution in [3.05, 3.63) is 17.0 Å². The zero-order valence-corrected chi connectivity index (χ0v) is 11.0. The van der Waals surface area contributed by atoms with Gasteiger partial charge in [-0.15, -0.1) is 0 Å². The minimum atomic E-state index is 0.544. The van der Waals surface area contributed by atoms with Crippen LogP contribution in [0.5, 0.6) is 0 Å². The lowest BCUT2D eigenvalue weighted by molar-refractivity contribution is 0.567. The van der Waals surface area contributed by atoms with Crippen LogP contribution in [0, 0.1) is 6.92 Å². The Balaban J connectivity index is 1.93. The fraction of sp³-hybridized carbons (Fsp3) is 0.786. The summed E-state index contributed by atoms with van der Waals surface area (Å²) in [6.07, 6.45) is 8.03. The first-order chi connectivity index (χ1) is 8.27. The fourth-order valence-corrected chi connectivity index (χ4v) is 3.66. The van der Waals surface area contributed by atoms with Crippen LogP contribution in [0.4, 0.5) is 0 Å². The van der Waals surface area contributed by atoms with Gasteiger partial charge in [0.05, 0.1) is 11.4 Å². The number of nitrogens with one attached hydrogen (secondary N) is 1. The van der Waals surface area contributed by atoms with E-state index in [0.717, 1.165) is 12.5 Å². The van der Waals surface area contributed by atoms with E-state index in [1.165, 1.54) is 55.5 Å². The van der Waals surface area contributed by atoms with Gasteiger partial charge in [-0.2, -0.15) is 5.10 Å². The van der Waals surface area contributed by atoms with Gasteiger partial charge in [0.15, 0.2) is 0 Å². The Labute approximate surface area is 104 Å². The van der Waals surface area contributed by atoms with E-state index in [2.05, 4.69) is 24.0 Å². The Hall–Kier alpha value is -0.830. The lowest BCUT2D eigenvalue weighted by atomic mass is 9.97. The second-order valence-electron chi connectivity index (χ2n) is 5.65. The van der Waals surface area contributed by atoms with Crippen molar-refractivity contribution in [2.45, 2.75) is 57.4 Å². The third-order valence-corrected chi connectivity index (χ3v) is 4.51. The van der Waals surface area contributed by atoms with Gasteiger partial charge in [-0.3, -0.25) is 4.68 Å². The van der Waals surface area contributed by atoms with Crippen molar-refractivity contribution in [1.29, 1.82) is 0 Å². The van der Waals surface area contributed by atoms with E-state index in [1.54, 1.807) is 0 Å². The maximum Gasteiger partial charge on any atom is 0.0688 e. The summed E-state index contributed by atoms with van der Waals surface area (Å²) in [5, 5.41) is 8.41. The van der Waals surface area contributed by atoms with Crippen LogP contribution in [0.1, 0.15) is 67.4 Å². The van der Waals surface area contributed by atoms with Crippen LogP contribution in [-0.2, 0) is 7.05 Å². The number of hydrogen-bond acceptors (Lipinski definition) is 2. The number of hydrogen-bond donors (Lipinski definition) is 1. The van der Waals surface area contributed by atoms with Crippen LogP contribution in [0.25, 0.3) is 0 Å². The summed E-state index contributed by atoms with van der Waals surface area (Å²) in [4.78, 5) is 0. The van der Waals surface area contributed by atoms with Crippen LogP contribution in [-0.4, -0.2) is 16.3 Å². The van der Waals surface area contributed by atoms with Gasteiger partial charge in [0.25, 0.3) is 0 Å². The predicted octanol–water partition coefficient (Wildman–Crippen LogP) is 2.81. The molecular formula is C14H23N3. The maximum atomic E-state index is 4.81. The van der Waals surface area contributed by atoms with E-state index in [-0.39, 0.29) is 0 Å². The first-order valence-corrected chi connectivity index (χ1v) is 7.04. The minimum Gasteiger partial charge on any atom is -0.309 e. The molecule has 1 aliphatic heterocycles. The summed E-state index contributed by atoms with van der Waals surface area (Å²) < 4.78 is 2.13. The van der Waals surface area contributed by atoms with E-state index in [4.69, 9.17) is 5.10 Å². The molecular weight excluding hydrogens is 210 g/mol. The van der Waals surface area contributed by atoms with Crippen molar-refractivity contribution in [1.82, 2.24) is 15.1 Å². The van der Waals surface area contributed by atoms with Crippen LogP contribution in [0.2, 0.25) is 0 Å². The highest BCUT2D eigenvalue weighted by molar-refractivity contribution is 5.31. The Morgan fingerprint density at radius 3 is 2.59 bits per heavy atom. The molecule has 1 N–H and O–H groups in total. The van der Waals surface area contributed by atoms with Crippen molar-refractivity contribution in [2.75, 3.05) is 6.54 Å². The molecule has 1 unspecified atom stereocenters. The molecule has 0 aromatic carbocycles. The molecule has 3 nitrogen and oxygen atoms in total. The van der Waals surface area contributed by atoms with Crippen molar-refractivity contribution in [2.24, 2.45) is 7.05 Å². The van der Waals surface area contributed by atoms with Crippen LogP contribution in [0.3, 0.4) is 0 Å². The first-order valence-electron chi connectivity index (χ1n) is 7.04. The van der Waals surface area contributed by atoms with Crippen LogP contribution < -0.4 is 5.32 Å². The molecule has 3 heteroatoms. The quantitative estimate of drug-likeness (QED) is 0.851. The molecule has 17 heavy (non-hydrogen) atoms. The molecule has 1 aromatic heterocycles. The van der Waals surface area contributed by atoms with Gasteiger partial charge in [0, 0.05) is 19.0 Å². The molecule has 1 aromatic rings. The van der Waals surface area contributed by atoms with Crippen LogP contribution >= 0.6 is 0 Å². The Morgan fingerprint density at radius 2 is 1.94 bits per heavy atom. The third-order valence-electron chi connectivity index (χ3n) is 4.51. The third kappa shape index (κ3) is 1.90.